The molecule has 5 nitrogen and oxygen atoms in total. The molecule has 0 bridgehead atoms. The van der Waals surface area contributed by atoms with Gasteiger partial charge in [-0.15, -0.1) is 0 Å². The predicted molar refractivity (Wildman–Crippen MR) is 145 cm³/mol. The van der Waals surface area contributed by atoms with Gasteiger partial charge in [-0.1, -0.05) is 30.3 Å². The molecule has 0 radical (unpaired) electrons. The van der Waals surface area contributed by atoms with E-state index in [1.807, 2.05) is 61.6 Å². The summed E-state index contributed by atoms with van der Waals surface area (Å²) >= 11 is 0. The van der Waals surface area contributed by atoms with Crippen molar-refractivity contribution in [3.8, 4) is 5.75 Å². The van der Waals surface area contributed by atoms with Gasteiger partial charge >= 0.3 is 0 Å². The van der Waals surface area contributed by atoms with Gasteiger partial charge < -0.3 is 14.4 Å². The zero-order valence-electron chi connectivity index (χ0n) is 21.2. The van der Waals surface area contributed by atoms with Crippen LogP contribution in [0.2, 0.25) is 0 Å². The van der Waals surface area contributed by atoms with E-state index in [4.69, 9.17) is 9.47 Å². The molecule has 36 heavy (non-hydrogen) atoms. The smallest absolute Gasteiger partial charge is 0.187 e. The van der Waals surface area contributed by atoms with Crippen molar-refractivity contribution in [3.63, 3.8) is 0 Å². The summed E-state index contributed by atoms with van der Waals surface area (Å²) < 4.78 is 12.3. The Hall–Kier alpha value is -4.12. The standard InChI is InChI=1S/C31H30N2O3/c1-5-33(6-2)24-12-13-27-20(3)14-25(36-29(27)17-24)18-26-16-23(15-21(4)35-26)30-28(34)19-32-31(30)22-10-8-7-9-11-22/h7-18H,5-6,19H2,1-4H3/b25-18+,30-23?. The van der Waals surface area contributed by atoms with Crippen LogP contribution in [-0.2, 0) is 9.53 Å². The van der Waals surface area contributed by atoms with Crippen LogP contribution >= 0.6 is 0 Å². The average Bonchev–Trinajstić information content (AvgIpc) is 3.26. The van der Waals surface area contributed by atoms with Crippen LogP contribution in [0.3, 0.4) is 0 Å². The number of Topliss-reactive ketones (excluding diaryl/α,β-unsaturated/α-hetero) is 1. The van der Waals surface area contributed by atoms with E-state index in [1.165, 1.54) is 0 Å². The summed E-state index contributed by atoms with van der Waals surface area (Å²) in [6.45, 7) is 10.3. The number of nitrogens with zero attached hydrogens (tertiary/aromatic N) is 2. The summed E-state index contributed by atoms with van der Waals surface area (Å²) in [6.07, 6.45) is 7.69. The third-order valence-electron chi connectivity index (χ3n) is 6.56. The Morgan fingerprint density at radius 3 is 2.50 bits per heavy atom. The molecule has 2 aromatic carbocycles. The predicted octanol–water partition coefficient (Wildman–Crippen LogP) is 6.40. The number of ether oxygens (including phenoxy) is 2. The molecule has 3 heterocycles. The maximum atomic E-state index is 12.9. The minimum absolute atomic E-state index is 0.0144. The molecule has 0 aromatic heterocycles. The van der Waals surface area contributed by atoms with Crippen LogP contribution < -0.4 is 9.64 Å². The van der Waals surface area contributed by atoms with Gasteiger partial charge in [0.05, 0.1) is 11.3 Å². The highest BCUT2D eigenvalue weighted by Gasteiger charge is 2.27. The Morgan fingerprint density at radius 2 is 1.75 bits per heavy atom. The lowest BCUT2D eigenvalue weighted by Gasteiger charge is -2.25. The fraction of sp³-hybridized carbons (Fsp3) is 0.226. The van der Waals surface area contributed by atoms with E-state index in [0.29, 0.717) is 22.9 Å². The average molecular weight is 479 g/mol. The molecule has 5 heteroatoms. The van der Waals surface area contributed by atoms with Gasteiger partial charge in [0.15, 0.2) is 5.78 Å². The first-order valence-electron chi connectivity index (χ1n) is 12.4. The van der Waals surface area contributed by atoms with Gasteiger partial charge in [-0.25, -0.2) is 0 Å². The van der Waals surface area contributed by atoms with E-state index in [0.717, 1.165) is 52.5 Å². The molecule has 0 N–H and O–H groups in total. The molecule has 0 spiro atoms. The number of allylic oxidation sites excluding steroid dienone is 7. The summed E-state index contributed by atoms with van der Waals surface area (Å²) in [7, 11) is 0. The van der Waals surface area contributed by atoms with Crippen molar-refractivity contribution < 1.29 is 14.3 Å². The minimum atomic E-state index is 0.0144. The lowest BCUT2D eigenvalue weighted by atomic mass is 9.94. The van der Waals surface area contributed by atoms with Crippen LogP contribution in [0.4, 0.5) is 5.69 Å². The molecule has 0 saturated carbocycles. The van der Waals surface area contributed by atoms with Crippen LogP contribution in [0.25, 0.3) is 5.57 Å². The summed E-state index contributed by atoms with van der Waals surface area (Å²) in [5, 5.41) is 0. The van der Waals surface area contributed by atoms with Crippen molar-refractivity contribution in [3.05, 3.63) is 112 Å². The number of rotatable bonds is 5. The SMILES string of the molecule is CCN(CC)c1ccc2c(c1)O/C(=C/C1=CC(=C3C(=O)CN=C3c3ccccc3)C=C(C)O1)C=C2C. The molecule has 3 aliphatic heterocycles. The van der Waals surface area contributed by atoms with Crippen molar-refractivity contribution >= 4 is 22.8 Å². The third kappa shape index (κ3) is 4.57. The molecular weight excluding hydrogens is 448 g/mol. The van der Waals surface area contributed by atoms with Crippen molar-refractivity contribution in [2.45, 2.75) is 27.7 Å². The Kier molecular flexibility index (Phi) is 6.47. The molecule has 2 aromatic rings. The van der Waals surface area contributed by atoms with Gasteiger partial charge in [0.1, 0.15) is 29.6 Å². The number of hydrogen-bond acceptors (Lipinski definition) is 5. The monoisotopic (exact) mass is 478 g/mol. The summed E-state index contributed by atoms with van der Waals surface area (Å²) in [4.78, 5) is 19.7. The molecule has 0 saturated heterocycles. The first kappa shape index (κ1) is 23.6. The number of carbonyl (C=O) groups excluding carboxylic acids is 1. The maximum Gasteiger partial charge on any atom is 0.187 e. The highest BCUT2D eigenvalue weighted by Crippen LogP contribution is 2.37. The molecule has 0 atom stereocenters. The molecular formula is C31H30N2O3. The number of aliphatic imine (C=N–C) groups is 1. The summed E-state index contributed by atoms with van der Waals surface area (Å²) in [6, 6.07) is 16.2. The number of hydrogen-bond donors (Lipinski definition) is 0. The Labute approximate surface area is 212 Å². The normalized spacial score (nSPS) is 20.1. The molecule has 0 amide bonds. The van der Waals surface area contributed by atoms with E-state index in [2.05, 4.69) is 48.9 Å². The molecule has 0 unspecified atom stereocenters. The van der Waals surface area contributed by atoms with Gasteiger partial charge in [-0.05, 0) is 69.2 Å². The van der Waals surface area contributed by atoms with E-state index in [9.17, 15) is 4.79 Å². The fourth-order valence-corrected chi connectivity index (χ4v) is 4.81. The van der Waals surface area contributed by atoms with Gasteiger partial charge in [-0.2, -0.15) is 0 Å². The Bertz CT molecular complexity index is 1400. The molecule has 0 aliphatic carbocycles. The highest BCUT2D eigenvalue weighted by atomic mass is 16.5. The fourth-order valence-electron chi connectivity index (χ4n) is 4.81. The second kappa shape index (κ2) is 9.86. The van der Waals surface area contributed by atoms with E-state index in [1.54, 1.807) is 0 Å². The third-order valence-corrected chi connectivity index (χ3v) is 6.56. The molecule has 3 aliphatic rings. The van der Waals surface area contributed by atoms with Crippen LogP contribution in [0.5, 0.6) is 5.75 Å². The van der Waals surface area contributed by atoms with E-state index >= 15 is 0 Å². The zero-order valence-corrected chi connectivity index (χ0v) is 21.2. The quantitative estimate of drug-likeness (QED) is 0.467. The molecule has 5 rings (SSSR count). The lowest BCUT2D eigenvalue weighted by molar-refractivity contribution is -0.113. The maximum absolute atomic E-state index is 12.9. The number of fused-ring (bicyclic) bond motifs is 1. The molecule has 182 valence electrons. The van der Waals surface area contributed by atoms with Crippen LogP contribution in [0.1, 0.15) is 38.8 Å². The summed E-state index contributed by atoms with van der Waals surface area (Å²) in [5.41, 5.74) is 6.45. The largest absolute Gasteiger partial charge is 0.462 e. The van der Waals surface area contributed by atoms with Gasteiger partial charge in [-0.3, -0.25) is 9.79 Å². The summed E-state index contributed by atoms with van der Waals surface area (Å²) in [5.74, 6) is 2.86. The number of ketones is 1. The van der Waals surface area contributed by atoms with Crippen molar-refractivity contribution in [1.29, 1.82) is 0 Å². The lowest BCUT2D eigenvalue weighted by Crippen LogP contribution is -2.21. The number of benzene rings is 2. The van der Waals surface area contributed by atoms with Crippen molar-refractivity contribution in [2.24, 2.45) is 4.99 Å². The van der Waals surface area contributed by atoms with Crippen molar-refractivity contribution in [1.82, 2.24) is 0 Å². The number of anilines is 1. The van der Waals surface area contributed by atoms with Crippen LogP contribution in [-0.4, -0.2) is 31.1 Å². The van der Waals surface area contributed by atoms with Crippen molar-refractivity contribution in [2.75, 3.05) is 24.5 Å². The van der Waals surface area contributed by atoms with E-state index < -0.39 is 0 Å². The Balaban J connectivity index is 1.50. The van der Waals surface area contributed by atoms with Crippen LogP contribution in [0, 0.1) is 0 Å². The zero-order chi connectivity index (χ0) is 25.2. The van der Waals surface area contributed by atoms with Crippen LogP contribution in [0.15, 0.2) is 106 Å². The van der Waals surface area contributed by atoms with Gasteiger partial charge in [0.25, 0.3) is 0 Å². The second-order valence-corrected chi connectivity index (χ2v) is 9.02. The Morgan fingerprint density at radius 1 is 0.972 bits per heavy atom. The van der Waals surface area contributed by atoms with Gasteiger partial charge in [0.2, 0.25) is 0 Å². The minimum Gasteiger partial charge on any atom is -0.462 e. The number of carbonyl (C=O) groups is 1. The molecule has 0 fully saturated rings. The topological polar surface area (TPSA) is 51.1 Å². The highest BCUT2D eigenvalue weighted by molar-refractivity contribution is 6.33. The first-order chi connectivity index (χ1) is 17.5. The van der Waals surface area contributed by atoms with Gasteiger partial charge in [0, 0.05) is 42.0 Å². The first-order valence-corrected chi connectivity index (χ1v) is 12.4. The van der Waals surface area contributed by atoms with E-state index in [-0.39, 0.29) is 12.3 Å². The second-order valence-electron chi connectivity index (χ2n) is 9.02.